The smallest absolute Gasteiger partial charge is 0.409 e. The van der Waals surface area contributed by atoms with E-state index in [1.54, 1.807) is 24.1 Å². The highest BCUT2D eigenvalue weighted by Crippen LogP contribution is 2.47. The first kappa shape index (κ1) is 29.4. The molecule has 1 unspecified atom stereocenters. The number of halogens is 4. The van der Waals surface area contributed by atoms with Gasteiger partial charge in [-0.3, -0.25) is 9.59 Å². The second kappa shape index (κ2) is 11.3. The van der Waals surface area contributed by atoms with E-state index in [4.69, 9.17) is 27.9 Å². The molecule has 4 fully saturated rings. The van der Waals surface area contributed by atoms with Crippen molar-refractivity contribution in [1.82, 2.24) is 14.7 Å². The van der Waals surface area contributed by atoms with Gasteiger partial charge < -0.3 is 19.4 Å². The Kier molecular flexibility index (Phi) is 8.28. The van der Waals surface area contributed by atoms with Crippen molar-refractivity contribution in [3.8, 4) is 0 Å². The quantitative estimate of drug-likeness (QED) is 0.412. The number of hydrogen-bond donors (Lipinski definition) is 0. The van der Waals surface area contributed by atoms with Crippen LogP contribution in [0.25, 0.3) is 0 Å². The van der Waals surface area contributed by atoms with Crippen molar-refractivity contribution in [1.29, 1.82) is 0 Å². The zero-order valence-electron chi connectivity index (χ0n) is 23.0. The van der Waals surface area contributed by atoms with Crippen LogP contribution in [0.1, 0.15) is 63.4 Å². The van der Waals surface area contributed by atoms with Crippen LogP contribution in [0.3, 0.4) is 0 Å². The van der Waals surface area contributed by atoms with E-state index in [0.717, 1.165) is 18.4 Å². The number of hydrogen-bond acceptors (Lipinski definition) is 4. The van der Waals surface area contributed by atoms with E-state index in [1.807, 2.05) is 17.9 Å². The molecule has 220 valence electrons. The molecule has 2 aliphatic carbocycles. The predicted molar refractivity (Wildman–Crippen MR) is 148 cm³/mol. The normalized spacial score (nSPS) is 27.5. The highest BCUT2D eigenvalue weighted by atomic mass is 35.5. The second-order valence-electron chi connectivity index (χ2n) is 12.4. The molecule has 0 N–H and O–H groups in total. The highest BCUT2D eigenvalue weighted by molar-refractivity contribution is 6.42. The van der Waals surface area contributed by atoms with E-state index >= 15 is 0 Å². The molecule has 2 heterocycles. The summed E-state index contributed by atoms with van der Waals surface area (Å²) in [4.78, 5) is 44.6. The van der Waals surface area contributed by atoms with E-state index in [-0.39, 0.29) is 54.4 Å². The Morgan fingerprint density at radius 2 is 1.73 bits per heavy atom. The van der Waals surface area contributed by atoms with Crippen molar-refractivity contribution in [3.05, 3.63) is 33.8 Å². The first-order valence-corrected chi connectivity index (χ1v) is 14.9. The lowest BCUT2D eigenvalue weighted by Crippen LogP contribution is -2.46. The van der Waals surface area contributed by atoms with Crippen LogP contribution in [0.15, 0.2) is 18.2 Å². The fourth-order valence-corrected chi connectivity index (χ4v) is 6.72. The lowest BCUT2D eigenvalue weighted by atomic mass is 9.93. The van der Waals surface area contributed by atoms with E-state index in [0.29, 0.717) is 55.5 Å². The van der Waals surface area contributed by atoms with E-state index in [1.165, 1.54) is 4.90 Å². The average Bonchev–Trinajstić information content (AvgIpc) is 3.37. The molecule has 0 aromatic heterocycles. The highest BCUT2D eigenvalue weighted by Gasteiger charge is 2.48. The zero-order valence-corrected chi connectivity index (χ0v) is 24.5. The Morgan fingerprint density at radius 3 is 2.33 bits per heavy atom. The monoisotopic (exact) mass is 599 g/mol. The first-order valence-electron chi connectivity index (χ1n) is 14.2. The van der Waals surface area contributed by atoms with Crippen molar-refractivity contribution in [2.45, 2.75) is 69.8 Å². The van der Waals surface area contributed by atoms with Gasteiger partial charge in [0.05, 0.1) is 22.7 Å². The number of carbonyl (C=O) groups is 3. The van der Waals surface area contributed by atoms with Crippen LogP contribution in [0.2, 0.25) is 10.0 Å². The van der Waals surface area contributed by atoms with Gasteiger partial charge in [-0.1, -0.05) is 36.2 Å². The maximum Gasteiger partial charge on any atom is 0.409 e. The number of alkyl halides is 2. The third-order valence-electron chi connectivity index (χ3n) is 9.35. The summed E-state index contributed by atoms with van der Waals surface area (Å²) in [7, 11) is 1.62. The molecule has 1 aromatic carbocycles. The van der Waals surface area contributed by atoms with Crippen LogP contribution >= 0.6 is 23.2 Å². The number of piperidine rings is 1. The standard InChI is InChI=1S/C29H37Cl2F2N3O4/c1-28(9-10-28)26(38)35-11-6-19(7-12-35)25(37)36-15-21(20-3-4-22(30)23(31)13-20)24(16-36)34(2)27(39)40-17-18-5-8-29(32,33)14-18/h3-4,13,18-19,21,24H,5-12,14-17H2,1-2H3/t18?,21-,24+/m1/s1. The van der Waals surface area contributed by atoms with Gasteiger partial charge in [0.25, 0.3) is 0 Å². The minimum Gasteiger partial charge on any atom is -0.449 e. The van der Waals surface area contributed by atoms with Gasteiger partial charge in [0, 0.05) is 63.3 Å². The first-order chi connectivity index (χ1) is 18.9. The molecule has 3 amide bonds. The fourth-order valence-electron chi connectivity index (χ4n) is 6.41. The van der Waals surface area contributed by atoms with Gasteiger partial charge in [-0.05, 0) is 55.7 Å². The van der Waals surface area contributed by atoms with Gasteiger partial charge in [0.15, 0.2) is 0 Å². The number of amides is 3. The fraction of sp³-hybridized carbons (Fsp3) is 0.690. The summed E-state index contributed by atoms with van der Waals surface area (Å²) in [6.45, 7) is 3.81. The Bertz CT molecular complexity index is 1160. The van der Waals surface area contributed by atoms with Gasteiger partial charge >= 0.3 is 6.09 Å². The molecular formula is C29H37Cl2F2N3O4. The molecule has 2 saturated carbocycles. The predicted octanol–water partition coefficient (Wildman–Crippen LogP) is 5.83. The lowest BCUT2D eigenvalue weighted by Gasteiger charge is -2.34. The third-order valence-corrected chi connectivity index (χ3v) is 10.1. The van der Waals surface area contributed by atoms with Crippen molar-refractivity contribution in [2.24, 2.45) is 17.3 Å². The largest absolute Gasteiger partial charge is 0.449 e. The van der Waals surface area contributed by atoms with Gasteiger partial charge in [-0.15, -0.1) is 0 Å². The molecule has 2 aliphatic heterocycles. The second-order valence-corrected chi connectivity index (χ2v) is 13.2. The number of rotatable bonds is 6. The van der Waals surface area contributed by atoms with E-state index in [2.05, 4.69) is 0 Å². The maximum atomic E-state index is 13.7. The van der Waals surface area contributed by atoms with Crippen LogP contribution in [-0.2, 0) is 14.3 Å². The third kappa shape index (κ3) is 6.20. The van der Waals surface area contributed by atoms with Crippen LogP contribution in [-0.4, -0.2) is 84.4 Å². The summed E-state index contributed by atoms with van der Waals surface area (Å²) in [5.41, 5.74) is 0.632. The van der Waals surface area contributed by atoms with Gasteiger partial charge in [0.2, 0.25) is 17.7 Å². The topological polar surface area (TPSA) is 70.2 Å². The van der Waals surface area contributed by atoms with Crippen molar-refractivity contribution < 1.29 is 27.9 Å². The number of ether oxygens (including phenoxy) is 1. The molecule has 11 heteroatoms. The molecule has 0 radical (unpaired) electrons. The summed E-state index contributed by atoms with van der Waals surface area (Å²) in [5, 5.41) is 0.798. The number of carbonyl (C=O) groups excluding carboxylic acids is 3. The van der Waals surface area contributed by atoms with Crippen LogP contribution in [0.4, 0.5) is 13.6 Å². The SMILES string of the molecule is CN(C(=O)OCC1CCC(F)(F)C1)[C@H]1CN(C(=O)C2CCN(C(=O)C3(C)CC3)CC2)C[C@@H]1c1ccc(Cl)c(Cl)c1. The number of benzene rings is 1. The van der Waals surface area contributed by atoms with Crippen molar-refractivity contribution in [3.63, 3.8) is 0 Å². The summed E-state index contributed by atoms with van der Waals surface area (Å²) >= 11 is 12.5. The Hall–Kier alpha value is -2.13. The summed E-state index contributed by atoms with van der Waals surface area (Å²) < 4.78 is 32.6. The maximum absolute atomic E-state index is 13.7. The van der Waals surface area contributed by atoms with E-state index in [9.17, 15) is 23.2 Å². The molecule has 0 bridgehead atoms. The molecule has 5 rings (SSSR count). The minimum absolute atomic E-state index is 0.0206. The van der Waals surface area contributed by atoms with E-state index < -0.39 is 18.1 Å². The number of likely N-dealkylation sites (tertiary alicyclic amines) is 2. The summed E-state index contributed by atoms with van der Waals surface area (Å²) in [6.07, 6.45) is 2.36. The Labute approximate surface area is 244 Å². The zero-order chi connectivity index (χ0) is 28.8. The molecule has 4 aliphatic rings. The van der Waals surface area contributed by atoms with Crippen LogP contribution < -0.4 is 0 Å². The molecule has 2 saturated heterocycles. The van der Waals surface area contributed by atoms with Crippen molar-refractivity contribution >= 4 is 41.1 Å². The number of nitrogens with zero attached hydrogens (tertiary/aromatic N) is 3. The lowest BCUT2D eigenvalue weighted by molar-refractivity contribution is -0.142. The molecule has 7 nitrogen and oxygen atoms in total. The van der Waals surface area contributed by atoms with Gasteiger partial charge in [-0.2, -0.15) is 0 Å². The molecular weight excluding hydrogens is 563 g/mol. The molecule has 3 atom stereocenters. The van der Waals surface area contributed by atoms with Crippen LogP contribution in [0, 0.1) is 17.3 Å². The van der Waals surface area contributed by atoms with Crippen molar-refractivity contribution in [2.75, 3.05) is 39.8 Å². The van der Waals surface area contributed by atoms with Crippen LogP contribution in [0.5, 0.6) is 0 Å². The number of likely N-dealkylation sites (N-methyl/N-ethyl adjacent to an activating group) is 1. The molecule has 1 aromatic rings. The Morgan fingerprint density at radius 1 is 1.02 bits per heavy atom. The van der Waals surface area contributed by atoms with Gasteiger partial charge in [-0.25, -0.2) is 13.6 Å². The summed E-state index contributed by atoms with van der Waals surface area (Å²) in [5.74, 6) is -3.27. The van der Waals surface area contributed by atoms with Gasteiger partial charge in [0.1, 0.15) is 0 Å². The molecule has 0 spiro atoms. The minimum atomic E-state index is -2.70. The Balaban J connectivity index is 1.25. The summed E-state index contributed by atoms with van der Waals surface area (Å²) in [6, 6.07) is 4.92. The molecule has 40 heavy (non-hydrogen) atoms. The average molecular weight is 601 g/mol.